The molecule has 0 bridgehead atoms. The van der Waals surface area contributed by atoms with Gasteiger partial charge in [-0.3, -0.25) is 9.89 Å². The standard InChI is InChI=1S/C12H13BrN4O/c1-7(2)10-15-11(17-16-10)12(18)14-9-5-3-4-8(13)6-9/h3-7H,1-2H3,(H,14,18)(H,15,16,17). The number of aromatic nitrogens is 3. The van der Waals surface area contributed by atoms with Gasteiger partial charge in [-0.1, -0.05) is 35.8 Å². The van der Waals surface area contributed by atoms with E-state index in [1.54, 1.807) is 6.07 Å². The van der Waals surface area contributed by atoms with E-state index in [1.807, 2.05) is 32.0 Å². The zero-order valence-corrected chi connectivity index (χ0v) is 11.7. The van der Waals surface area contributed by atoms with Crippen LogP contribution in [0, 0.1) is 0 Å². The second-order valence-corrected chi connectivity index (χ2v) is 5.08. The number of carbonyl (C=O) groups excluding carboxylic acids is 1. The molecule has 0 unspecified atom stereocenters. The molecule has 0 saturated carbocycles. The highest BCUT2D eigenvalue weighted by atomic mass is 79.9. The van der Waals surface area contributed by atoms with Crippen LogP contribution in [0.2, 0.25) is 0 Å². The first kappa shape index (κ1) is 12.8. The second kappa shape index (κ2) is 5.30. The van der Waals surface area contributed by atoms with Gasteiger partial charge < -0.3 is 5.32 Å². The van der Waals surface area contributed by atoms with Gasteiger partial charge in [0.15, 0.2) is 0 Å². The van der Waals surface area contributed by atoms with E-state index >= 15 is 0 Å². The fraction of sp³-hybridized carbons (Fsp3) is 0.250. The zero-order chi connectivity index (χ0) is 13.1. The number of carbonyl (C=O) groups is 1. The van der Waals surface area contributed by atoms with E-state index in [2.05, 4.69) is 36.4 Å². The van der Waals surface area contributed by atoms with Crippen molar-refractivity contribution in [2.24, 2.45) is 0 Å². The van der Waals surface area contributed by atoms with Gasteiger partial charge in [0.05, 0.1) is 0 Å². The minimum absolute atomic E-state index is 0.152. The quantitative estimate of drug-likeness (QED) is 0.915. The lowest BCUT2D eigenvalue weighted by Gasteiger charge is -2.02. The maximum absolute atomic E-state index is 11.9. The molecule has 1 amide bonds. The van der Waals surface area contributed by atoms with Crippen LogP contribution in [0.1, 0.15) is 36.2 Å². The Labute approximate surface area is 113 Å². The van der Waals surface area contributed by atoms with Gasteiger partial charge >= 0.3 is 0 Å². The van der Waals surface area contributed by atoms with E-state index in [0.29, 0.717) is 11.5 Å². The molecule has 0 fully saturated rings. The molecule has 6 heteroatoms. The molecular formula is C12H13BrN4O. The van der Waals surface area contributed by atoms with Crippen LogP contribution < -0.4 is 5.32 Å². The van der Waals surface area contributed by atoms with Gasteiger partial charge in [-0.25, -0.2) is 4.98 Å². The van der Waals surface area contributed by atoms with E-state index in [1.165, 1.54) is 0 Å². The van der Waals surface area contributed by atoms with Crippen molar-refractivity contribution in [1.29, 1.82) is 0 Å². The molecule has 0 spiro atoms. The van der Waals surface area contributed by atoms with Crippen molar-refractivity contribution in [3.05, 3.63) is 40.4 Å². The molecule has 2 aromatic rings. The Morgan fingerprint density at radius 2 is 2.22 bits per heavy atom. The van der Waals surface area contributed by atoms with Crippen molar-refractivity contribution in [3.63, 3.8) is 0 Å². The van der Waals surface area contributed by atoms with Crippen LogP contribution in [-0.4, -0.2) is 21.1 Å². The Morgan fingerprint density at radius 3 is 2.83 bits per heavy atom. The Kier molecular flexibility index (Phi) is 3.76. The SMILES string of the molecule is CC(C)c1nc(C(=O)Nc2cccc(Br)c2)n[nH]1. The van der Waals surface area contributed by atoms with Crippen molar-refractivity contribution in [2.75, 3.05) is 5.32 Å². The van der Waals surface area contributed by atoms with Crippen LogP contribution in [0.4, 0.5) is 5.69 Å². The molecule has 94 valence electrons. The smallest absolute Gasteiger partial charge is 0.295 e. The highest BCUT2D eigenvalue weighted by molar-refractivity contribution is 9.10. The van der Waals surface area contributed by atoms with Crippen LogP contribution in [0.3, 0.4) is 0 Å². The van der Waals surface area contributed by atoms with E-state index in [0.717, 1.165) is 4.47 Å². The molecule has 0 aliphatic carbocycles. The van der Waals surface area contributed by atoms with Crippen LogP contribution in [0.25, 0.3) is 0 Å². The molecule has 18 heavy (non-hydrogen) atoms. The third-order valence-corrected chi connectivity index (χ3v) is 2.83. The van der Waals surface area contributed by atoms with E-state index in [-0.39, 0.29) is 17.6 Å². The lowest BCUT2D eigenvalue weighted by atomic mass is 10.2. The summed E-state index contributed by atoms with van der Waals surface area (Å²) in [4.78, 5) is 16.0. The molecule has 2 N–H and O–H groups in total. The second-order valence-electron chi connectivity index (χ2n) is 4.16. The lowest BCUT2D eigenvalue weighted by molar-refractivity contribution is 0.101. The minimum Gasteiger partial charge on any atom is -0.319 e. The highest BCUT2D eigenvalue weighted by Gasteiger charge is 2.14. The van der Waals surface area contributed by atoms with Gasteiger partial charge in [-0.15, -0.1) is 5.10 Å². The van der Waals surface area contributed by atoms with E-state index < -0.39 is 0 Å². The third kappa shape index (κ3) is 2.95. The molecule has 0 radical (unpaired) electrons. The number of amides is 1. The molecule has 2 rings (SSSR count). The Bertz CT molecular complexity index is 565. The highest BCUT2D eigenvalue weighted by Crippen LogP contribution is 2.16. The molecule has 1 aromatic carbocycles. The molecule has 5 nitrogen and oxygen atoms in total. The first-order valence-corrected chi connectivity index (χ1v) is 6.35. The van der Waals surface area contributed by atoms with Crippen LogP contribution in [0.5, 0.6) is 0 Å². The predicted octanol–water partition coefficient (Wildman–Crippen LogP) is 2.94. The van der Waals surface area contributed by atoms with Crippen molar-refractivity contribution in [3.8, 4) is 0 Å². The van der Waals surface area contributed by atoms with Gasteiger partial charge in [0.2, 0.25) is 5.82 Å². The minimum atomic E-state index is -0.323. The number of hydrogen-bond acceptors (Lipinski definition) is 3. The first-order chi connectivity index (χ1) is 8.56. The fourth-order valence-corrected chi connectivity index (χ4v) is 1.79. The van der Waals surface area contributed by atoms with E-state index in [9.17, 15) is 4.79 Å². The van der Waals surface area contributed by atoms with Crippen LogP contribution in [-0.2, 0) is 0 Å². The van der Waals surface area contributed by atoms with Crippen LogP contribution in [0.15, 0.2) is 28.7 Å². The maximum Gasteiger partial charge on any atom is 0.295 e. The number of nitrogens with zero attached hydrogens (tertiary/aromatic N) is 2. The normalized spacial score (nSPS) is 10.7. The molecule has 0 aliphatic rings. The molecule has 0 atom stereocenters. The molecule has 0 aliphatic heterocycles. The van der Waals surface area contributed by atoms with Crippen molar-refractivity contribution < 1.29 is 4.79 Å². The number of anilines is 1. The van der Waals surface area contributed by atoms with Gasteiger partial charge in [-0.2, -0.15) is 0 Å². The zero-order valence-electron chi connectivity index (χ0n) is 10.1. The molecule has 0 saturated heterocycles. The topological polar surface area (TPSA) is 70.7 Å². The van der Waals surface area contributed by atoms with Gasteiger partial charge in [0.1, 0.15) is 5.82 Å². The number of H-pyrrole nitrogens is 1. The van der Waals surface area contributed by atoms with Gasteiger partial charge in [0.25, 0.3) is 5.91 Å². The Balaban J connectivity index is 2.12. The number of rotatable bonds is 3. The number of halogens is 1. The summed E-state index contributed by atoms with van der Waals surface area (Å²) in [6.45, 7) is 3.97. The largest absolute Gasteiger partial charge is 0.319 e. The number of hydrogen-bond donors (Lipinski definition) is 2. The Hall–Kier alpha value is -1.69. The maximum atomic E-state index is 11.9. The summed E-state index contributed by atoms with van der Waals surface area (Å²) in [7, 11) is 0. The summed E-state index contributed by atoms with van der Waals surface area (Å²) in [5.41, 5.74) is 0.699. The summed E-state index contributed by atoms with van der Waals surface area (Å²) in [5.74, 6) is 0.745. The first-order valence-electron chi connectivity index (χ1n) is 5.55. The van der Waals surface area contributed by atoms with Crippen LogP contribution >= 0.6 is 15.9 Å². The summed E-state index contributed by atoms with van der Waals surface area (Å²) >= 11 is 3.34. The van der Waals surface area contributed by atoms with Gasteiger partial charge in [0, 0.05) is 16.1 Å². The Morgan fingerprint density at radius 1 is 1.44 bits per heavy atom. The van der Waals surface area contributed by atoms with Crippen molar-refractivity contribution >= 4 is 27.5 Å². The summed E-state index contributed by atoms with van der Waals surface area (Å²) in [6, 6.07) is 7.35. The van der Waals surface area contributed by atoms with Gasteiger partial charge in [-0.05, 0) is 18.2 Å². The van der Waals surface area contributed by atoms with E-state index in [4.69, 9.17) is 0 Å². The average molecular weight is 309 g/mol. The van der Waals surface area contributed by atoms with Crippen molar-refractivity contribution in [2.45, 2.75) is 19.8 Å². The fourth-order valence-electron chi connectivity index (χ4n) is 1.39. The average Bonchev–Trinajstić information content (AvgIpc) is 2.78. The monoisotopic (exact) mass is 308 g/mol. The summed E-state index contributed by atoms with van der Waals surface area (Å²) < 4.78 is 0.901. The summed E-state index contributed by atoms with van der Waals surface area (Å²) in [5, 5.41) is 9.39. The molecule has 1 heterocycles. The van der Waals surface area contributed by atoms with Crippen molar-refractivity contribution in [1.82, 2.24) is 15.2 Å². The predicted molar refractivity (Wildman–Crippen MR) is 72.6 cm³/mol. The number of nitrogens with one attached hydrogen (secondary N) is 2. The lowest BCUT2D eigenvalue weighted by Crippen LogP contribution is -2.13. The number of aromatic amines is 1. The third-order valence-electron chi connectivity index (χ3n) is 2.34. The summed E-state index contributed by atoms with van der Waals surface area (Å²) in [6.07, 6.45) is 0. The number of benzene rings is 1. The molecule has 1 aromatic heterocycles. The molecular weight excluding hydrogens is 296 g/mol.